The summed E-state index contributed by atoms with van der Waals surface area (Å²) in [6.45, 7) is 3.49. The number of anilines is 1. The minimum absolute atomic E-state index is 0.201. The number of aromatic amines is 1. The van der Waals surface area contributed by atoms with Crippen LogP contribution in [0.25, 0.3) is 11.0 Å². The monoisotopic (exact) mass is 381 g/mol. The summed E-state index contributed by atoms with van der Waals surface area (Å²) in [6, 6.07) is 11.4. The Morgan fingerprint density at radius 2 is 1.79 bits per heavy atom. The SMILES string of the molecule is COC(=O)Nc1nc2ccc(C(=O)c3ccccc3C(=O)OC(C)C)cc2[nH]1. The molecule has 3 rings (SSSR count). The molecule has 0 radical (unpaired) electrons. The van der Waals surface area contributed by atoms with E-state index in [1.54, 1.807) is 56.3 Å². The smallest absolute Gasteiger partial charge is 0.413 e. The topological polar surface area (TPSA) is 110 Å². The molecule has 8 heteroatoms. The van der Waals surface area contributed by atoms with Gasteiger partial charge in [-0.3, -0.25) is 10.1 Å². The van der Waals surface area contributed by atoms with E-state index in [4.69, 9.17) is 4.74 Å². The number of carbonyl (C=O) groups is 3. The molecular weight excluding hydrogens is 362 g/mol. The lowest BCUT2D eigenvalue weighted by Gasteiger charge is -2.11. The van der Waals surface area contributed by atoms with E-state index in [-0.39, 0.29) is 29.0 Å². The van der Waals surface area contributed by atoms with Crippen molar-refractivity contribution in [2.24, 2.45) is 0 Å². The molecular formula is C20H19N3O5. The third kappa shape index (κ3) is 4.01. The maximum absolute atomic E-state index is 13.0. The van der Waals surface area contributed by atoms with Gasteiger partial charge in [-0.2, -0.15) is 0 Å². The fourth-order valence-electron chi connectivity index (χ4n) is 2.65. The predicted molar refractivity (Wildman–Crippen MR) is 103 cm³/mol. The van der Waals surface area contributed by atoms with Gasteiger partial charge in [0.1, 0.15) is 0 Å². The van der Waals surface area contributed by atoms with Crippen LogP contribution >= 0.6 is 0 Å². The Bertz CT molecular complexity index is 1050. The lowest BCUT2D eigenvalue weighted by Crippen LogP contribution is -2.16. The van der Waals surface area contributed by atoms with Gasteiger partial charge in [-0.05, 0) is 38.1 Å². The second-order valence-corrected chi connectivity index (χ2v) is 6.26. The number of methoxy groups -OCH3 is 1. The number of nitrogens with zero attached hydrogens (tertiary/aromatic N) is 1. The summed E-state index contributed by atoms with van der Waals surface area (Å²) < 4.78 is 9.75. The Labute approximate surface area is 160 Å². The number of hydrogen-bond donors (Lipinski definition) is 2. The molecule has 1 heterocycles. The van der Waals surface area contributed by atoms with E-state index in [1.807, 2.05) is 0 Å². The van der Waals surface area contributed by atoms with Crippen molar-refractivity contribution in [3.05, 3.63) is 59.2 Å². The highest BCUT2D eigenvalue weighted by Crippen LogP contribution is 2.21. The van der Waals surface area contributed by atoms with Gasteiger partial charge in [-0.1, -0.05) is 18.2 Å². The number of H-pyrrole nitrogens is 1. The molecule has 2 N–H and O–H groups in total. The maximum Gasteiger partial charge on any atom is 0.413 e. The van der Waals surface area contributed by atoms with E-state index in [0.717, 1.165) is 0 Å². The lowest BCUT2D eigenvalue weighted by atomic mass is 9.98. The van der Waals surface area contributed by atoms with Crippen LogP contribution in [0.3, 0.4) is 0 Å². The first-order valence-electron chi connectivity index (χ1n) is 8.58. The number of benzene rings is 2. The number of imidazole rings is 1. The molecule has 0 aliphatic rings. The first-order chi connectivity index (χ1) is 13.4. The number of fused-ring (bicyclic) bond motifs is 1. The lowest BCUT2D eigenvalue weighted by molar-refractivity contribution is 0.0375. The summed E-state index contributed by atoms with van der Waals surface area (Å²) in [5.74, 6) is -0.672. The fraction of sp³-hybridized carbons (Fsp3) is 0.200. The van der Waals surface area contributed by atoms with Gasteiger partial charge in [0.2, 0.25) is 5.95 Å². The van der Waals surface area contributed by atoms with E-state index in [9.17, 15) is 14.4 Å². The van der Waals surface area contributed by atoms with Crippen molar-refractivity contribution in [1.82, 2.24) is 9.97 Å². The van der Waals surface area contributed by atoms with Crippen molar-refractivity contribution in [3.63, 3.8) is 0 Å². The quantitative estimate of drug-likeness (QED) is 0.517. The summed E-state index contributed by atoms with van der Waals surface area (Å²) in [7, 11) is 1.25. The number of carbonyl (C=O) groups excluding carboxylic acids is 3. The van der Waals surface area contributed by atoms with E-state index in [0.29, 0.717) is 16.6 Å². The molecule has 0 saturated carbocycles. The standard InChI is InChI=1S/C20H19N3O5/c1-11(2)28-18(25)14-7-5-4-6-13(14)17(24)12-8-9-15-16(10-12)22-19(21-15)23-20(26)27-3/h4-11H,1-3H3,(H2,21,22,23,26). The van der Waals surface area contributed by atoms with Gasteiger partial charge in [0.05, 0.1) is 29.8 Å². The van der Waals surface area contributed by atoms with Gasteiger partial charge < -0.3 is 14.5 Å². The Morgan fingerprint density at radius 1 is 1.07 bits per heavy atom. The fourth-order valence-corrected chi connectivity index (χ4v) is 2.65. The molecule has 0 spiro atoms. The summed E-state index contributed by atoms with van der Waals surface area (Å²) in [5, 5.41) is 2.43. The molecule has 28 heavy (non-hydrogen) atoms. The van der Waals surface area contributed by atoms with Crippen molar-refractivity contribution in [2.75, 3.05) is 12.4 Å². The van der Waals surface area contributed by atoms with Crippen LogP contribution in [0.2, 0.25) is 0 Å². The van der Waals surface area contributed by atoms with Crippen molar-refractivity contribution in [2.45, 2.75) is 20.0 Å². The molecule has 0 atom stereocenters. The maximum atomic E-state index is 13.0. The van der Waals surface area contributed by atoms with E-state index in [2.05, 4.69) is 20.0 Å². The van der Waals surface area contributed by atoms with Gasteiger partial charge >= 0.3 is 12.1 Å². The Kier molecular flexibility index (Phi) is 5.39. The van der Waals surface area contributed by atoms with Crippen LogP contribution in [0.15, 0.2) is 42.5 Å². The highest BCUT2D eigenvalue weighted by atomic mass is 16.5. The molecule has 0 aliphatic carbocycles. The van der Waals surface area contributed by atoms with Crippen LogP contribution in [0.5, 0.6) is 0 Å². The largest absolute Gasteiger partial charge is 0.459 e. The number of aromatic nitrogens is 2. The van der Waals surface area contributed by atoms with E-state index >= 15 is 0 Å². The number of nitrogens with one attached hydrogen (secondary N) is 2. The number of esters is 1. The number of ether oxygens (including phenoxy) is 2. The minimum Gasteiger partial charge on any atom is -0.459 e. The highest BCUT2D eigenvalue weighted by Gasteiger charge is 2.20. The van der Waals surface area contributed by atoms with Crippen molar-refractivity contribution >= 4 is 34.8 Å². The van der Waals surface area contributed by atoms with Crippen LogP contribution in [0, 0.1) is 0 Å². The van der Waals surface area contributed by atoms with Crippen LogP contribution < -0.4 is 5.32 Å². The summed E-state index contributed by atoms with van der Waals surface area (Å²) in [6.07, 6.45) is -0.953. The average Bonchev–Trinajstić information content (AvgIpc) is 3.08. The second kappa shape index (κ2) is 7.91. The first-order valence-corrected chi connectivity index (χ1v) is 8.58. The molecule has 1 aromatic heterocycles. The predicted octanol–water partition coefficient (Wildman–Crippen LogP) is 3.54. The number of amides is 1. The van der Waals surface area contributed by atoms with Gasteiger partial charge in [-0.25, -0.2) is 14.6 Å². The average molecular weight is 381 g/mol. The third-order valence-corrected chi connectivity index (χ3v) is 3.88. The van der Waals surface area contributed by atoms with Gasteiger partial charge in [0, 0.05) is 11.1 Å². The van der Waals surface area contributed by atoms with Crippen molar-refractivity contribution < 1.29 is 23.9 Å². The number of hydrogen-bond acceptors (Lipinski definition) is 6. The van der Waals surface area contributed by atoms with Crippen LogP contribution in [-0.4, -0.2) is 41.0 Å². The number of rotatable bonds is 5. The number of ketones is 1. The van der Waals surface area contributed by atoms with Crippen LogP contribution in [-0.2, 0) is 9.47 Å². The zero-order chi connectivity index (χ0) is 20.3. The van der Waals surface area contributed by atoms with E-state index < -0.39 is 12.1 Å². The highest BCUT2D eigenvalue weighted by molar-refractivity contribution is 6.15. The molecule has 2 aromatic carbocycles. The zero-order valence-electron chi connectivity index (χ0n) is 15.6. The van der Waals surface area contributed by atoms with Gasteiger partial charge in [-0.15, -0.1) is 0 Å². The Hall–Kier alpha value is -3.68. The van der Waals surface area contributed by atoms with E-state index in [1.165, 1.54) is 7.11 Å². The van der Waals surface area contributed by atoms with Crippen molar-refractivity contribution in [1.29, 1.82) is 0 Å². The first kappa shape index (κ1) is 19.1. The molecule has 0 saturated heterocycles. The zero-order valence-corrected chi connectivity index (χ0v) is 15.6. The third-order valence-electron chi connectivity index (χ3n) is 3.88. The molecule has 144 valence electrons. The van der Waals surface area contributed by atoms with Gasteiger partial charge in [0.15, 0.2) is 5.78 Å². The summed E-state index contributed by atoms with van der Waals surface area (Å²) >= 11 is 0. The molecule has 0 bridgehead atoms. The van der Waals surface area contributed by atoms with Crippen LogP contribution in [0.1, 0.15) is 40.1 Å². The molecule has 3 aromatic rings. The molecule has 0 aliphatic heterocycles. The summed E-state index contributed by atoms with van der Waals surface area (Å²) in [5.41, 5.74) is 1.94. The minimum atomic E-state index is -0.659. The Balaban J connectivity index is 1.93. The van der Waals surface area contributed by atoms with Gasteiger partial charge in [0.25, 0.3) is 0 Å². The normalized spacial score (nSPS) is 10.7. The Morgan fingerprint density at radius 3 is 2.46 bits per heavy atom. The second-order valence-electron chi connectivity index (χ2n) is 6.26. The molecule has 1 amide bonds. The van der Waals surface area contributed by atoms with Crippen LogP contribution in [0.4, 0.5) is 10.7 Å². The molecule has 0 unspecified atom stereocenters. The molecule has 8 nitrogen and oxygen atoms in total. The van der Waals surface area contributed by atoms with Crippen molar-refractivity contribution in [3.8, 4) is 0 Å². The molecule has 0 fully saturated rings. The summed E-state index contributed by atoms with van der Waals surface area (Å²) in [4.78, 5) is 43.7.